The highest BCUT2D eigenvalue weighted by Gasteiger charge is 2.13. The summed E-state index contributed by atoms with van der Waals surface area (Å²) in [6, 6.07) is 21.0. The minimum atomic E-state index is 0.716. The lowest BCUT2D eigenvalue weighted by Gasteiger charge is -2.12. The van der Waals surface area contributed by atoms with Crippen molar-refractivity contribution in [3.8, 4) is 11.1 Å². The van der Waals surface area contributed by atoms with Gasteiger partial charge in [-0.2, -0.15) is 0 Å². The maximum Gasteiger partial charge on any atom is 0.0214 e. The Balaban J connectivity index is 1.69. The summed E-state index contributed by atoms with van der Waals surface area (Å²) in [7, 11) is 0. The highest BCUT2D eigenvalue weighted by molar-refractivity contribution is 5.63. The molecule has 1 fully saturated rings. The third kappa shape index (κ3) is 3.24. The molecule has 3 rings (SSSR count). The van der Waals surface area contributed by atoms with Gasteiger partial charge in [-0.25, -0.2) is 0 Å². The van der Waals surface area contributed by atoms with Gasteiger partial charge in [-0.15, -0.1) is 0 Å². The topological polar surface area (TPSA) is 12.0 Å². The quantitative estimate of drug-likeness (QED) is 0.858. The van der Waals surface area contributed by atoms with E-state index in [0.29, 0.717) is 6.04 Å². The Morgan fingerprint density at radius 1 is 1.00 bits per heavy atom. The molecule has 0 unspecified atom stereocenters. The van der Waals surface area contributed by atoms with E-state index in [1.807, 2.05) is 6.07 Å². The molecule has 0 aliphatic heterocycles. The van der Waals surface area contributed by atoms with Crippen molar-refractivity contribution in [2.24, 2.45) is 0 Å². The summed E-state index contributed by atoms with van der Waals surface area (Å²) in [5.74, 6) is 0. The van der Waals surface area contributed by atoms with Crippen LogP contribution in [0.4, 0.5) is 0 Å². The first kappa shape index (κ1) is 12.4. The van der Waals surface area contributed by atoms with Crippen molar-refractivity contribution >= 4 is 0 Å². The number of benzene rings is 2. The molecule has 1 radical (unpaired) electrons. The summed E-state index contributed by atoms with van der Waals surface area (Å²) in [6.07, 6.45) is 5.42. The molecule has 0 heterocycles. The zero-order valence-electron chi connectivity index (χ0n) is 11.2. The molecule has 0 saturated heterocycles. The number of hydrogen-bond donors (Lipinski definition) is 1. The summed E-state index contributed by atoms with van der Waals surface area (Å²) in [6.45, 7) is 0.936. The Morgan fingerprint density at radius 3 is 2.58 bits per heavy atom. The van der Waals surface area contributed by atoms with Crippen LogP contribution in [0.2, 0.25) is 0 Å². The zero-order valence-corrected chi connectivity index (χ0v) is 11.2. The van der Waals surface area contributed by atoms with Crippen LogP contribution in [0.1, 0.15) is 31.2 Å². The zero-order chi connectivity index (χ0) is 12.9. The van der Waals surface area contributed by atoms with Crippen molar-refractivity contribution < 1.29 is 0 Å². The molecule has 1 heteroatoms. The van der Waals surface area contributed by atoms with E-state index >= 15 is 0 Å². The second-order valence-corrected chi connectivity index (χ2v) is 5.33. The highest BCUT2D eigenvalue weighted by atomic mass is 14.9. The maximum atomic E-state index is 3.65. The third-order valence-corrected chi connectivity index (χ3v) is 3.90. The van der Waals surface area contributed by atoms with Gasteiger partial charge in [-0.3, -0.25) is 0 Å². The first-order valence-corrected chi connectivity index (χ1v) is 7.21. The van der Waals surface area contributed by atoms with Crippen LogP contribution in [0.5, 0.6) is 0 Å². The second-order valence-electron chi connectivity index (χ2n) is 5.33. The Labute approximate surface area is 115 Å². The molecular weight excluding hydrogens is 230 g/mol. The number of rotatable bonds is 4. The van der Waals surface area contributed by atoms with E-state index in [1.165, 1.54) is 42.4 Å². The van der Waals surface area contributed by atoms with Gasteiger partial charge in [0.25, 0.3) is 0 Å². The smallest absolute Gasteiger partial charge is 0.0214 e. The second kappa shape index (κ2) is 6.03. The van der Waals surface area contributed by atoms with Gasteiger partial charge in [-0.05, 0) is 41.7 Å². The maximum absolute atomic E-state index is 3.65. The molecule has 0 atom stereocenters. The molecule has 2 aromatic carbocycles. The van der Waals surface area contributed by atoms with Crippen LogP contribution in [-0.2, 0) is 6.54 Å². The summed E-state index contributed by atoms with van der Waals surface area (Å²) in [5.41, 5.74) is 3.81. The van der Waals surface area contributed by atoms with E-state index in [-0.39, 0.29) is 0 Å². The van der Waals surface area contributed by atoms with Crippen LogP contribution in [0.15, 0.2) is 48.5 Å². The van der Waals surface area contributed by atoms with Gasteiger partial charge < -0.3 is 5.32 Å². The molecule has 19 heavy (non-hydrogen) atoms. The van der Waals surface area contributed by atoms with Crippen LogP contribution in [0.25, 0.3) is 11.1 Å². The van der Waals surface area contributed by atoms with Crippen molar-refractivity contribution in [1.82, 2.24) is 5.32 Å². The lowest BCUT2D eigenvalue weighted by atomic mass is 10.0. The van der Waals surface area contributed by atoms with E-state index in [4.69, 9.17) is 0 Å². The van der Waals surface area contributed by atoms with Crippen LogP contribution in [-0.4, -0.2) is 6.04 Å². The van der Waals surface area contributed by atoms with Crippen molar-refractivity contribution in [3.63, 3.8) is 0 Å². The Kier molecular flexibility index (Phi) is 3.95. The van der Waals surface area contributed by atoms with Crippen LogP contribution in [0, 0.1) is 6.07 Å². The van der Waals surface area contributed by atoms with Gasteiger partial charge >= 0.3 is 0 Å². The van der Waals surface area contributed by atoms with Crippen LogP contribution in [0.3, 0.4) is 0 Å². The van der Waals surface area contributed by atoms with Crippen molar-refractivity contribution in [2.45, 2.75) is 38.3 Å². The molecule has 1 aliphatic rings. The van der Waals surface area contributed by atoms with E-state index in [9.17, 15) is 0 Å². The summed E-state index contributed by atoms with van der Waals surface area (Å²) in [5, 5.41) is 3.65. The summed E-state index contributed by atoms with van der Waals surface area (Å²) in [4.78, 5) is 0. The van der Waals surface area contributed by atoms with Crippen LogP contribution >= 0.6 is 0 Å². The average molecular weight is 250 g/mol. The predicted molar refractivity (Wildman–Crippen MR) is 79.8 cm³/mol. The van der Waals surface area contributed by atoms with E-state index < -0.39 is 0 Å². The Bertz CT molecular complexity index is 512. The normalized spacial score (nSPS) is 15.8. The fourth-order valence-corrected chi connectivity index (χ4v) is 2.81. The standard InChI is InChI=1S/C18H20N/c1-2-8-16(9-3-1)17-10-6-7-15(13-17)14-19-18-11-4-5-12-18/h1-3,6,8-10,13,18-19H,4-5,11-12,14H2. The molecule has 1 aliphatic carbocycles. The summed E-state index contributed by atoms with van der Waals surface area (Å²) >= 11 is 0. The molecule has 0 spiro atoms. The first-order chi connectivity index (χ1) is 9.42. The van der Waals surface area contributed by atoms with Crippen LogP contribution < -0.4 is 5.32 Å². The van der Waals surface area contributed by atoms with Crippen molar-refractivity contribution in [1.29, 1.82) is 0 Å². The lowest BCUT2D eigenvalue weighted by molar-refractivity contribution is 0.524. The van der Waals surface area contributed by atoms with Crippen molar-refractivity contribution in [2.75, 3.05) is 0 Å². The average Bonchev–Trinajstić information content (AvgIpc) is 3.00. The minimum Gasteiger partial charge on any atom is -0.310 e. The predicted octanol–water partition coefficient (Wildman–Crippen LogP) is 4.19. The Hall–Kier alpha value is -1.60. The van der Waals surface area contributed by atoms with E-state index in [1.54, 1.807) is 0 Å². The number of hydrogen-bond acceptors (Lipinski definition) is 1. The molecule has 2 aromatic rings. The SMILES string of the molecule is [c]1ccc(-c2ccccc2)cc1CNC1CCCC1. The Morgan fingerprint density at radius 2 is 1.79 bits per heavy atom. The molecular formula is C18H20N. The number of nitrogens with one attached hydrogen (secondary N) is 1. The highest BCUT2D eigenvalue weighted by Crippen LogP contribution is 2.21. The summed E-state index contributed by atoms with van der Waals surface area (Å²) < 4.78 is 0. The van der Waals surface area contributed by atoms with E-state index in [2.05, 4.69) is 53.8 Å². The molecule has 97 valence electrons. The van der Waals surface area contributed by atoms with Gasteiger partial charge in [0.05, 0.1) is 0 Å². The fourth-order valence-electron chi connectivity index (χ4n) is 2.81. The van der Waals surface area contributed by atoms with Gasteiger partial charge in [0.2, 0.25) is 0 Å². The fraction of sp³-hybridized carbons (Fsp3) is 0.333. The molecule has 1 N–H and O–H groups in total. The molecule has 0 amide bonds. The van der Waals surface area contributed by atoms with Gasteiger partial charge in [0.15, 0.2) is 0 Å². The first-order valence-electron chi connectivity index (χ1n) is 7.21. The lowest BCUT2D eigenvalue weighted by Crippen LogP contribution is -2.25. The van der Waals surface area contributed by atoms with Crippen molar-refractivity contribution in [3.05, 3.63) is 60.2 Å². The molecule has 1 nitrogen and oxygen atoms in total. The largest absolute Gasteiger partial charge is 0.310 e. The third-order valence-electron chi connectivity index (χ3n) is 3.90. The van der Waals surface area contributed by atoms with Gasteiger partial charge in [0, 0.05) is 12.6 Å². The molecule has 0 bridgehead atoms. The monoisotopic (exact) mass is 250 g/mol. The minimum absolute atomic E-state index is 0.716. The van der Waals surface area contributed by atoms with E-state index in [0.717, 1.165) is 6.54 Å². The molecule has 0 aromatic heterocycles. The van der Waals surface area contributed by atoms with Gasteiger partial charge in [0.1, 0.15) is 0 Å². The molecule has 1 saturated carbocycles. The van der Waals surface area contributed by atoms with Gasteiger partial charge in [-0.1, -0.05) is 55.3 Å².